The normalized spacial score (nSPS) is 56.8. The smallest absolute Gasteiger partial charge is 0.128 e. The largest absolute Gasteiger partial charge is 0.392 e. The third kappa shape index (κ3) is 1.48. The van der Waals surface area contributed by atoms with Gasteiger partial charge in [-0.1, -0.05) is 20.4 Å². The maximum atomic E-state index is 10.8. The van der Waals surface area contributed by atoms with Crippen LogP contribution in [0.5, 0.6) is 0 Å². The van der Waals surface area contributed by atoms with Crippen LogP contribution in [0.3, 0.4) is 0 Å². The molecule has 8 unspecified atom stereocenters. The molecule has 5 heteroatoms. The van der Waals surface area contributed by atoms with Crippen molar-refractivity contribution in [1.82, 2.24) is 0 Å². The Morgan fingerprint density at radius 1 is 1.26 bits per heavy atom. The van der Waals surface area contributed by atoms with Crippen LogP contribution in [0.2, 0.25) is 0 Å². The van der Waals surface area contributed by atoms with Gasteiger partial charge in [-0.2, -0.15) is 0 Å². The topological polar surface area (TPSA) is 90.2 Å². The van der Waals surface area contributed by atoms with Gasteiger partial charge >= 0.3 is 0 Å². The third-order valence-corrected chi connectivity index (χ3v) is 5.32. The number of ether oxygens (including phenoxy) is 1. The van der Waals surface area contributed by atoms with E-state index in [0.717, 1.165) is 0 Å². The van der Waals surface area contributed by atoms with Crippen molar-refractivity contribution in [2.24, 2.45) is 17.8 Å². The quantitative estimate of drug-likeness (QED) is 0.479. The average molecular weight is 270 g/mol. The van der Waals surface area contributed by atoms with Gasteiger partial charge in [0.25, 0.3) is 0 Å². The monoisotopic (exact) mass is 270 g/mol. The van der Waals surface area contributed by atoms with Gasteiger partial charge in [0.1, 0.15) is 23.9 Å². The lowest BCUT2D eigenvalue weighted by molar-refractivity contribution is -0.333. The van der Waals surface area contributed by atoms with Crippen LogP contribution in [0, 0.1) is 17.8 Å². The Bertz CT molecular complexity index is 409. The molecule has 4 bridgehead atoms. The van der Waals surface area contributed by atoms with Crippen molar-refractivity contribution in [3.05, 3.63) is 12.2 Å². The van der Waals surface area contributed by atoms with Gasteiger partial charge in [0, 0.05) is 5.92 Å². The summed E-state index contributed by atoms with van der Waals surface area (Å²) in [5.41, 5.74) is -1.13. The van der Waals surface area contributed by atoms with Crippen LogP contribution in [0.4, 0.5) is 0 Å². The highest BCUT2D eigenvalue weighted by molar-refractivity contribution is 5.32. The average Bonchev–Trinajstić information content (AvgIpc) is 2.32. The zero-order valence-corrected chi connectivity index (χ0v) is 11.2. The SMILES string of the molecule is C=C1C2OC3CC(C(C)C)C(O)C1C3(O)C(O)C2O. The van der Waals surface area contributed by atoms with Crippen LogP contribution in [0.25, 0.3) is 0 Å². The van der Waals surface area contributed by atoms with E-state index in [0.29, 0.717) is 12.0 Å². The number of aliphatic hydroxyl groups excluding tert-OH is 3. The van der Waals surface area contributed by atoms with E-state index < -0.39 is 42.0 Å². The van der Waals surface area contributed by atoms with Crippen LogP contribution in [0.1, 0.15) is 20.3 Å². The fraction of sp³-hybridized carbons (Fsp3) is 0.857. The van der Waals surface area contributed by atoms with Crippen molar-refractivity contribution >= 4 is 0 Å². The summed E-state index contributed by atoms with van der Waals surface area (Å²) in [7, 11) is 0. The molecule has 0 radical (unpaired) electrons. The summed E-state index contributed by atoms with van der Waals surface area (Å²) in [6, 6.07) is 0. The van der Waals surface area contributed by atoms with Crippen LogP contribution < -0.4 is 0 Å². The molecule has 19 heavy (non-hydrogen) atoms. The second-order valence-electron chi connectivity index (χ2n) is 6.55. The first-order chi connectivity index (χ1) is 8.80. The van der Waals surface area contributed by atoms with Crippen molar-refractivity contribution in [3.63, 3.8) is 0 Å². The van der Waals surface area contributed by atoms with Crippen molar-refractivity contribution < 1.29 is 25.2 Å². The molecule has 8 atom stereocenters. The van der Waals surface area contributed by atoms with E-state index in [9.17, 15) is 20.4 Å². The minimum absolute atomic E-state index is 0.00424. The van der Waals surface area contributed by atoms with Crippen LogP contribution in [-0.2, 0) is 4.74 Å². The van der Waals surface area contributed by atoms with E-state index >= 15 is 0 Å². The van der Waals surface area contributed by atoms with Crippen molar-refractivity contribution in [2.75, 3.05) is 0 Å². The molecule has 4 rings (SSSR count). The Labute approximate surface area is 112 Å². The summed E-state index contributed by atoms with van der Waals surface area (Å²) >= 11 is 0. The highest BCUT2D eigenvalue weighted by atomic mass is 16.5. The predicted octanol–water partition coefficient (Wildman–Crippen LogP) is -0.571. The van der Waals surface area contributed by atoms with Gasteiger partial charge < -0.3 is 25.2 Å². The van der Waals surface area contributed by atoms with E-state index in [-0.39, 0.29) is 11.8 Å². The van der Waals surface area contributed by atoms with Gasteiger partial charge in [0.2, 0.25) is 0 Å². The summed E-state index contributed by atoms with van der Waals surface area (Å²) in [4.78, 5) is 0. The summed E-state index contributed by atoms with van der Waals surface area (Å²) in [5, 5.41) is 41.5. The molecule has 0 aromatic rings. The first-order valence-corrected chi connectivity index (χ1v) is 6.90. The second-order valence-corrected chi connectivity index (χ2v) is 6.55. The molecule has 2 heterocycles. The van der Waals surface area contributed by atoms with E-state index in [1.54, 1.807) is 0 Å². The Hall–Kier alpha value is -0.460. The molecule has 5 nitrogen and oxygen atoms in total. The number of rotatable bonds is 1. The lowest BCUT2D eigenvalue weighted by Crippen LogP contribution is -2.78. The highest BCUT2D eigenvalue weighted by Gasteiger charge is 2.69. The zero-order valence-electron chi connectivity index (χ0n) is 11.2. The summed E-state index contributed by atoms with van der Waals surface area (Å²) < 4.78 is 5.71. The molecule has 4 fully saturated rings. The van der Waals surface area contributed by atoms with Gasteiger partial charge in [-0.3, -0.25) is 0 Å². The maximum absolute atomic E-state index is 10.8. The van der Waals surface area contributed by atoms with Gasteiger partial charge in [-0.15, -0.1) is 0 Å². The molecule has 4 N–H and O–H groups in total. The Morgan fingerprint density at radius 2 is 1.89 bits per heavy atom. The van der Waals surface area contributed by atoms with Gasteiger partial charge in [0.05, 0.1) is 12.2 Å². The molecule has 4 aliphatic rings. The Balaban J connectivity index is 2.04. The summed E-state index contributed by atoms with van der Waals surface area (Å²) in [6.45, 7) is 7.91. The number of fused-ring (bicyclic) bond motifs is 1. The first kappa shape index (κ1) is 13.5. The summed E-state index contributed by atoms with van der Waals surface area (Å²) in [5.74, 6) is -0.384. The number of aliphatic hydroxyl groups is 4. The second kappa shape index (κ2) is 4.02. The van der Waals surface area contributed by atoms with E-state index in [1.165, 1.54) is 0 Å². The van der Waals surface area contributed by atoms with Gasteiger partial charge in [-0.25, -0.2) is 0 Å². The highest BCUT2D eigenvalue weighted by Crippen LogP contribution is 2.55. The molecule has 0 aromatic heterocycles. The van der Waals surface area contributed by atoms with Gasteiger partial charge in [-0.05, 0) is 23.8 Å². The molecular weight excluding hydrogens is 248 g/mol. The lowest BCUT2D eigenvalue weighted by Gasteiger charge is -2.63. The summed E-state index contributed by atoms with van der Waals surface area (Å²) in [6.07, 6.45) is -3.99. The standard InChI is InChI=1S/C14H22O5/c1-5(2)7-4-8-14(18)9(10(7)15)6(3)12(19-8)11(16)13(14)17/h5,7-13,15-18H,3-4H2,1-2H3. The lowest BCUT2D eigenvalue weighted by atomic mass is 9.54. The first-order valence-electron chi connectivity index (χ1n) is 6.90. The minimum Gasteiger partial charge on any atom is -0.392 e. The molecule has 2 aliphatic carbocycles. The molecule has 2 saturated carbocycles. The van der Waals surface area contributed by atoms with Crippen LogP contribution in [0.15, 0.2) is 12.2 Å². The number of hydrogen-bond acceptors (Lipinski definition) is 5. The molecular formula is C14H22O5. The van der Waals surface area contributed by atoms with Crippen LogP contribution >= 0.6 is 0 Å². The molecule has 2 saturated heterocycles. The van der Waals surface area contributed by atoms with E-state index in [4.69, 9.17) is 4.74 Å². The molecule has 0 aromatic carbocycles. The minimum atomic E-state index is -1.63. The van der Waals surface area contributed by atoms with Crippen molar-refractivity contribution in [3.8, 4) is 0 Å². The fourth-order valence-electron chi connectivity index (χ4n) is 4.20. The molecule has 0 amide bonds. The predicted molar refractivity (Wildman–Crippen MR) is 67.2 cm³/mol. The van der Waals surface area contributed by atoms with Gasteiger partial charge in [0.15, 0.2) is 0 Å². The fourth-order valence-corrected chi connectivity index (χ4v) is 4.20. The van der Waals surface area contributed by atoms with Crippen molar-refractivity contribution in [2.45, 2.75) is 56.4 Å². The third-order valence-electron chi connectivity index (χ3n) is 5.32. The van der Waals surface area contributed by atoms with Crippen LogP contribution in [-0.4, -0.2) is 56.5 Å². The Kier molecular flexibility index (Phi) is 2.86. The van der Waals surface area contributed by atoms with E-state index in [1.807, 2.05) is 13.8 Å². The van der Waals surface area contributed by atoms with Crippen molar-refractivity contribution in [1.29, 1.82) is 0 Å². The number of hydrogen-bond donors (Lipinski definition) is 4. The maximum Gasteiger partial charge on any atom is 0.128 e. The van der Waals surface area contributed by atoms with E-state index in [2.05, 4.69) is 6.58 Å². The Morgan fingerprint density at radius 3 is 2.47 bits per heavy atom. The molecule has 2 aliphatic heterocycles. The zero-order chi connectivity index (χ0) is 14.1. The molecule has 0 spiro atoms. The molecule has 108 valence electrons.